The number of aryl methyl sites for hydroxylation is 2. The van der Waals surface area contributed by atoms with Crippen molar-refractivity contribution < 1.29 is 22.9 Å². The third kappa shape index (κ3) is 5.07. The Hall–Kier alpha value is -2.98. The van der Waals surface area contributed by atoms with Crippen molar-refractivity contribution in [3.8, 4) is 0 Å². The van der Waals surface area contributed by atoms with E-state index in [1.165, 1.54) is 23.3 Å². The van der Waals surface area contributed by atoms with Gasteiger partial charge in [-0.25, -0.2) is 8.42 Å². The number of nitro groups is 1. The van der Waals surface area contributed by atoms with Gasteiger partial charge in [-0.2, -0.15) is 0 Å². The van der Waals surface area contributed by atoms with Crippen molar-refractivity contribution in [1.82, 2.24) is 4.90 Å². The Morgan fingerprint density at radius 1 is 1.12 bits per heavy atom. The number of ether oxygens (including phenoxy) is 1. The lowest BCUT2D eigenvalue weighted by atomic mass is 10.1. The van der Waals surface area contributed by atoms with Crippen LogP contribution in [0.3, 0.4) is 0 Å². The van der Waals surface area contributed by atoms with Gasteiger partial charge < -0.3 is 14.5 Å². The maximum absolute atomic E-state index is 13.1. The van der Waals surface area contributed by atoms with E-state index in [-0.39, 0.29) is 22.1 Å². The van der Waals surface area contributed by atoms with E-state index in [9.17, 15) is 23.3 Å². The van der Waals surface area contributed by atoms with Crippen LogP contribution in [0.2, 0.25) is 0 Å². The van der Waals surface area contributed by atoms with Crippen molar-refractivity contribution in [3.63, 3.8) is 0 Å². The number of anilines is 1. The number of piperazine rings is 1. The van der Waals surface area contributed by atoms with Crippen LogP contribution in [-0.2, 0) is 14.6 Å². The van der Waals surface area contributed by atoms with E-state index in [2.05, 4.69) is 30.0 Å². The summed E-state index contributed by atoms with van der Waals surface area (Å²) in [5, 5.41) is 11.7. The van der Waals surface area contributed by atoms with Crippen LogP contribution in [0.4, 0.5) is 11.4 Å². The van der Waals surface area contributed by atoms with Gasteiger partial charge in [-0.3, -0.25) is 14.9 Å². The van der Waals surface area contributed by atoms with E-state index in [4.69, 9.17) is 4.74 Å². The number of hydrogen-bond donors (Lipinski definition) is 0. The highest BCUT2D eigenvalue weighted by Gasteiger charge is 2.32. The lowest BCUT2D eigenvalue weighted by molar-refractivity contribution is -0.387. The van der Waals surface area contributed by atoms with Crippen molar-refractivity contribution in [1.29, 1.82) is 0 Å². The van der Waals surface area contributed by atoms with Gasteiger partial charge in [0.05, 0.1) is 16.8 Å². The van der Waals surface area contributed by atoms with E-state index in [0.29, 0.717) is 39.2 Å². The molecular formula is C24H29N3O6S. The summed E-state index contributed by atoms with van der Waals surface area (Å²) in [6.07, 6.45) is 0.920. The third-order valence-corrected chi connectivity index (χ3v) is 8.27. The quantitative estimate of drug-likeness (QED) is 0.455. The number of rotatable bonds is 6. The minimum Gasteiger partial charge on any atom is -0.377 e. The van der Waals surface area contributed by atoms with E-state index in [1.54, 1.807) is 4.90 Å². The molecule has 9 nitrogen and oxygen atoms in total. The van der Waals surface area contributed by atoms with E-state index < -0.39 is 26.6 Å². The predicted octanol–water partition coefficient (Wildman–Crippen LogP) is 3.13. The molecule has 0 bridgehead atoms. The van der Waals surface area contributed by atoms with Crippen LogP contribution in [0.1, 0.15) is 34.3 Å². The third-order valence-electron chi connectivity index (χ3n) is 6.44. The molecule has 0 radical (unpaired) electrons. The van der Waals surface area contributed by atoms with Crippen LogP contribution in [0, 0.1) is 24.0 Å². The molecule has 10 heteroatoms. The zero-order valence-electron chi connectivity index (χ0n) is 19.4. The summed E-state index contributed by atoms with van der Waals surface area (Å²) < 4.78 is 31.1. The van der Waals surface area contributed by atoms with Crippen LogP contribution in [-0.4, -0.2) is 68.8 Å². The molecular weight excluding hydrogens is 458 g/mol. The fraction of sp³-hybridized carbons (Fsp3) is 0.458. The number of amides is 1. The number of sulfone groups is 1. The smallest absolute Gasteiger partial charge is 0.288 e. The zero-order valence-corrected chi connectivity index (χ0v) is 20.2. The molecule has 2 aliphatic rings. The van der Waals surface area contributed by atoms with E-state index >= 15 is 0 Å². The first-order valence-electron chi connectivity index (χ1n) is 11.4. The average Bonchev–Trinajstić information content (AvgIpc) is 3.32. The Bertz CT molecular complexity index is 1200. The summed E-state index contributed by atoms with van der Waals surface area (Å²) in [4.78, 5) is 27.6. The summed E-state index contributed by atoms with van der Waals surface area (Å²) in [7, 11) is -3.93. The minimum atomic E-state index is -3.93. The highest BCUT2D eigenvalue weighted by molar-refractivity contribution is 7.91. The molecule has 182 valence electrons. The van der Waals surface area contributed by atoms with Crippen molar-refractivity contribution >= 4 is 27.1 Å². The average molecular weight is 488 g/mol. The summed E-state index contributed by atoms with van der Waals surface area (Å²) in [6, 6.07) is 9.91. The summed E-state index contributed by atoms with van der Waals surface area (Å²) in [6.45, 7) is 6.82. The SMILES string of the molecule is Cc1ccc(C)c(N2CCN(C(=O)c3ccc(S(=O)(=O)C[C@H]4CCCO4)c([N+](=O)[O-])c3)CC2)c1. The van der Waals surface area contributed by atoms with Crippen LogP contribution in [0.25, 0.3) is 0 Å². The van der Waals surface area contributed by atoms with Gasteiger partial charge in [0.15, 0.2) is 9.84 Å². The lowest BCUT2D eigenvalue weighted by Gasteiger charge is -2.37. The number of carbonyl (C=O) groups is 1. The molecule has 2 aliphatic heterocycles. The number of nitro benzene ring substituents is 1. The molecule has 2 aromatic rings. The summed E-state index contributed by atoms with van der Waals surface area (Å²) >= 11 is 0. The first-order valence-corrected chi connectivity index (χ1v) is 13.1. The molecule has 1 amide bonds. The number of hydrogen-bond acceptors (Lipinski definition) is 7. The maximum Gasteiger partial charge on any atom is 0.288 e. The molecule has 34 heavy (non-hydrogen) atoms. The second kappa shape index (κ2) is 9.71. The van der Waals surface area contributed by atoms with Gasteiger partial charge >= 0.3 is 0 Å². The summed E-state index contributed by atoms with van der Waals surface area (Å²) in [5.74, 6) is -0.645. The first kappa shape index (κ1) is 24.2. The molecule has 0 N–H and O–H groups in total. The van der Waals surface area contributed by atoms with E-state index in [0.717, 1.165) is 18.2 Å². The van der Waals surface area contributed by atoms with Crippen molar-refractivity contribution in [3.05, 3.63) is 63.2 Å². The summed E-state index contributed by atoms with van der Waals surface area (Å²) in [5.41, 5.74) is 3.02. The lowest BCUT2D eigenvalue weighted by Crippen LogP contribution is -2.49. The number of nitrogens with zero attached hydrogens (tertiary/aromatic N) is 3. The minimum absolute atomic E-state index is 0.114. The number of carbonyl (C=O) groups excluding carboxylic acids is 1. The Morgan fingerprint density at radius 2 is 1.85 bits per heavy atom. The van der Waals surface area contributed by atoms with Gasteiger partial charge in [0.25, 0.3) is 11.6 Å². The van der Waals surface area contributed by atoms with Gasteiger partial charge in [-0.15, -0.1) is 0 Å². The molecule has 2 aromatic carbocycles. The van der Waals surface area contributed by atoms with Gasteiger partial charge in [0, 0.05) is 50.1 Å². The van der Waals surface area contributed by atoms with Gasteiger partial charge in [-0.05, 0) is 56.0 Å². The molecule has 0 aliphatic carbocycles. The van der Waals surface area contributed by atoms with Crippen LogP contribution in [0.15, 0.2) is 41.3 Å². The van der Waals surface area contributed by atoms with Crippen LogP contribution in [0.5, 0.6) is 0 Å². The molecule has 1 atom stereocenters. The highest BCUT2D eigenvalue weighted by atomic mass is 32.2. The Morgan fingerprint density at radius 3 is 2.50 bits per heavy atom. The van der Waals surface area contributed by atoms with Crippen molar-refractivity contribution in [2.75, 3.05) is 43.4 Å². The molecule has 4 rings (SSSR count). The van der Waals surface area contributed by atoms with Gasteiger partial charge in [0.1, 0.15) is 4.90 Å². The predicted molar refractivity (Wildman–Crippen MR) is 128 cm³/mol. The Labute approximate surface area is 199 Å². The fourth-order valence-electron chi connectivity index (χ4n) is 4.56. The fourth-order valence-corrected chi connectivity index (χ4v) is 6.22. The van der Waals surface area contributed by atoms with Crippen molar-refractivity contribution in [2.45, 2.75) is 37.7 Å². The highest BCUT2D eigenvalue weighted by Crippen LogP contribution is 2.29. The topological polar surface area (TPSA) is 110 Å². The zero-order chi connectivity index (χ0) is 24.5. The second-order valence-electron chi connectivity index (χ2n) is 8.93. The van der Waals surface area contributed by atoms with E-state index in [1.807, 2.05) is 6.92 Å². The van der Waals surface area contributed by atoms with Gasteiger partial charge in [-0.1, -0.05) is 12.1 Å². The Balaban J connectivity index is 1.50. The standard InChI is InChI=1S/C24H29N3O6S/c1-17-5-6-18(2)21(14-17)25-9-11-26(12-10-25)24(28)19-7-8-23(22(15-19)27(29)30)34(31,32)16-20-4-3-13-33-20/h5-8,14-15,20H,3-4,9-13,16H2,1-2H3/t20-/m1/s1. The monoisotopic (exact) mass is 487 g/mol. The van der Waals surface area contributed by atoms with Crippen molar-refractivity contribution in [2.24, 2.45) is 0 Å². The molecule has 2 saturated heterocycles. The molecule has 0 spiro atoms. The van der Waals surface area contributed by atoms with Crippen LogP contribution < -0.4 is 4.90 Å². The number of benzene rings is 2. The molecule has 0 saturated carbocycles. The van der Waals surface area contributed by atoms with Crippen LogP contribution >= 0.6 is 0 Å². The largest absolute Gasteiger partial charge is 0.377 e. The second-order valence-corrected chi connectivity index (χ2v) is 10.9. The Kier molecular flexibility index (Phi) is 6.90. The molecule has 2 heterocycles. The molecule has 0 aromatic heterocycles. The maximum atomic E-state index is 13.1. The molecule has 2 fully saturated rings. The normalized spacial score (nSPS) is 18.8. The first-order chi connectivity index (χ1) is 16.2. The molecule has 0 unspecified atom stereocenters. The van der Waals surface area contributed by atoms with Gasteiger partial charge in [0.2, 0.25) is 0 Å².